The summed E-state index contributed by atoms with van der Waals surface area (Å²) in [5.41, 5.74) is 2.02. The first kappa shape index (κ1) is 15.3. The van der Waals surface area contributed by atoms with Gasteiger partial charge in [-0.1, -0.05) is 20.3 Å². The van der Waals surface area contributed by atoms with Crippen molar-refractivity contribution >= 4 is 11.7 Å². The lowest BCUT2D eigenvalue weighted by atomic mass is 10.0. The van der Waals surface area contributed by atoms with Gasteiger partial charge in [0.1, 0.15) is 5.75 Å². The third-order valence-electron chi connectivity index (χ3n) is 3.03. The zero-order valence-electron chi connectivity index (χ0n) is 12.2. The molecule has 1 rings (SSSR count). The number of anilines is 1. The van der Waals surface area contributed by atoms with Crippen LogP contribution in [0.15, 0.2) is 12.1 Å². The van der Waals surface area contributed by atoms with Crippen LogP contribution in [0.1, 0.15) is 42.6 Å². The second kappa shape index (κ2) is 7.02. The van der Waals surface area contributed by atoms with Crippen LogP contribution in [0.5, 0.6) is 5.75 Å². The van der Waals surface area contributed by atoms with E-state index in [0.29, 0.717) is 12.2 Å². The Kier molecular flexibility index (Phi) is 5.67. The van der Waals surface area contributed by atoms with Gasteiger partial charge in [0.05, 0.1) is 17.9 Å². The summed E-state index contributed by atoms with van der Waals surface area (Å²) in [4.78, 5) is 13.1. The van der Waals surface area contributed by atoms with Gasteiger partial charge < -0.3 is 14.7 Å². The van der Waals surface area contributed by atoms with Gasteiger partial charge in [-0.15, -0.1) is 0 Å². The minimum absolute atomic E-state index is 0.324. The van der Waals surface area contributed by atoms with Crippen molar-refractivity contribution in [3.05, 3.63) is 23.3 Å². The molecule has 0 spiro atoms. The van der Waals surface area contributed by atoms with Gasteiger partial charge in [0, 0.05) is 19.7 Å². The van der Waals surface area contributed by atoms with E-state index in [1.165, 1.54) is 0 Å². The van der Waals surface area contributed by atoms with E-state index in [1.807, 2.05) is 25.9 Å². The van der Waals surface area contributed by atoms with E-state index in [9.17, 15) is 9.90 Å². The number of carbonyl (C=O) groups is 1. The van der Waals surface area contributed by atoms with Crippen LogP contribution in [-0.2, 0) is 6.42 Å². The first-order valence-corrected chi connectivity index (χ1v) is 6.72. The van der Waals surface area contributed by atoms with Crippen LogP contribution in [0, 0.1) is 0 Å². The number of carboxylic acid groups (broad SMARTS) is 1. The maximum Gasteiger partial charge on any atom is 0.337 e. The summed E-state index contributed by atoms with van der Waals surface area (Å²) in [5, 5.41) is 9.27. The molecule has 1 aromatic rings. The highest BCUT2D eigenvalue weighted by molar-refractivity contribution is 5.96. The number of nitrogens with zero attached hydrogens (tertiary/aromatic N) is 1. The fourth-order valence-corrected chi connectivity index (χ4v) is 2.10. The molecule has 0 aliphatic carbocycles. The third kappa shape index (κ3) is 3.63. The van der Waals surface area contributed by atoms with Gasteiger partial charge >= 0.3 is 5.97 Å². The number of ether oxygens (including phenoxy) is 1. The Bertz CT molecular complexity index is 441. The smallest absolute Gasteiger partial charge is 0.337 e. The fraction of sp³-hybridized carbons (Fsp3) is 0.533. The minimum atomic E-state index is -0.904. The average molecular weight is 265 g/mol. The Morgan fingerprint density at radius 1 is 1.32 bits per heavy atom. The molecule has 0 saturated heterocycles. The second-order valence-electron chi connectivity index (χ2n) is 4.69. The van der Waals surface area contributed by atoms with Crippen LogP contribution < -0.4 is 9.64 Å². The Morgan fingerprint density at radius 2 is 2.00 bits per heavy atom. The highest BCUT2D eigenvalue weighted by Crippen LogP contribution is 2.33. The van der Waals surface area contributed by atoms with E-state index >= 15 is 0 Å². The summed E-state index contributed by atoms with van der Waals surface area (Å²) >= 11 is 0. The molecule has 0 aromatic heterocycles. The summed E-state index contributed by atoms with van der Waals surface area (Å²) in [6.45, 7) is 4.80. The Morgan fingerprint density at radius 3 is 2.47 bits per heavy atom. The predicted octanol–water partition coefficient (Wildman–Crippen LogP) is 3.19. The molecule has 0 unspecified atom stereocenters. The van der Waals surface area contributed by atoms with E-state index in [0.717, 1.165) is 36.3 Å². The molecule has 1 aromatic carbocycles. The highest BCUT2D eigenvalue weighted by atomic mass is 16.5. The van der Waals surface area contributed by atoms with Crippen molar-refractivity contribution in [3.63, 3.8) is 0 Å². The first-order valence-electron chi connectivity index (χ1n) is 6.72. The van der Waals surface area contributed by atoms with Gasteiger partial charge in [-0.25, -0.2) is 4.79 Å². The highest BCUT2D eigenvalue weighted by Gasteiger charge is 2.18. The van der Waals surface area contributed by atoms with Gasteiger partial charge in [0.25, 0.3) is 0 Å². The molecule has 0 bridgehead atoms. The predicted molar refractivity (Wildman–Crippen MR) is 77.5 cm³/mol. The lowest BCUT2D eigenvalue weighted by Crippen LogP contribution is -2.17. The Balaban J connectivity index is 3.20. The monoisotopic (exact) mass is 265 g/mol. The van der Waals surface area contributed by atoms with Crippen LogP contribution >= 0.6 is 0 Å². The Hall–Kier alpha value is -1.71. The molecule has 4 nitrogen and oxygen atoms in total. The van der Waals surface area contributed by atoms with Crippen LogP contribution in [-0.4, -0.2) is 31.8 Å². The van der Waals surface area contributed by atoms with Crippen molar-refractivity contribution in [1.82, 2.24) is 0 Å². The van der Waals surface area contributed by atoms with Crippen LogP contribution in [0.2, 0.25) is 0 Å². The molecule has 0 fully saturated rings. The fourth-order valence-electron chi connectivity index (χ4n) is 2.10. The largest absolute Gasteiger partial charge is 0.493 e. The quantitative estimate of drug-likeness (QED) is 0.769. The van der Waals surface area contributed by atoms with Crippen molar-refractivity contribution in [3.8, 4) is 5.75 Å². The second-order valence-corrected chi connectivity index (χ2v) is 4.69. The molecule has 0 aliphatic heterocycles. The minimum Gasteiger partial charge on any atom is -0.493 e. The summed E-state index contributed by atoms with van der Waals surface area (Å²) in [6.07, 6.45) is 2.83. The SMILES string of the molecule is CCCCOc1ccc(C(=O)O)c(N(C)C)c1CC. The molecule has 4 heteroatoms. The molecule has 0 atom stereocenters. The molecular formula is C15H23NO3. The molecule has 0 radical (unpaired) electrons. The molecular weight excluding hydrogens is 242 g/mol. The Labute approximate surface area is 115 Å². The first-order chi connectivity index (χ1) is 9.02. The number of unbranched alkanes of at least 4 members (excludes halogenated alkanes) is 1. The summed E-state index contributed by atoms with van der Waals surface area (Å²) < 4.78 is 5.77. The van der Waals surface area contributed by atoms with E-state index in [1.54, 1.807) is 12.1 Å². The molecule has 0 amide bonds. The molecule has 19 heavy (non-hydrogen) atoms. The van der Waals surface area contributed by atoms with Crippen molar-refractivity contribution in [2.24, 2.45) is 0 Å². The van der Waals surface area contributed by atoms with Gasteiger partial charge in [0.15, 0.2) is 0 Å². The standard InChI is InChI=1S/C15H23NO3/c1-5-7-10-19-13-9-8-12(15(17)18)14(16(3)4)11(13)6-2/h8-9H,5-7,10H2,1-4H3,(H,17,18). The van der Waals surface area contributed by atoms with Gasteiger partial charge in [-0.2, -0.15) is 0 Å². The third-order valence-corrected chi connectivity index (χ3v) is 3.03. The van der Waals surface area contributed by atoms with E-state index in [-0.39, 0.29) is 0 Å². The maximum atomic E-state index is 11.3. The molecule has 0 aliphatic rings. The summed E-state index contributed by atoms with van der Waals surface area (Å²) in [6, 6.07) is 3.39. The van der Waals surface area contributed by atoms with Gasteiger partial charge in [-0.05, 0) is 25.0 Å². The number of hydrogen-bond donors (Lipinski definition) is 1. The van der Waals surface area contributed by atoms with E-state index < -0.39 is 5.97 Å². The summed E-state index contributed by atoms with van der Waals surface area (Å²) in [5.74, 6) is -0.108. The average Bonchev–Trinajstić information content (AvgIpc) is 2.37. The molecule has 0 saturated carbocycles. The van der Waals surface area contributed by atoms with Crippen molar-refractivity contribution < 1.29 is 14.6 Å². The zero-order valence-corrected chi connectivity index (χ0v) is 12.2. The lowest BCUT2D eigenvalue weighted by Gasteiger charge is -2.22. The van der Waals surface area contributed by atoms with Crippen molar-refractivity contribution in [1.29, 1.82) is 0 Å². The van der Waals surface area contributed by atoms with E-state index in [2.05, 4.69) is 6.92 Å². The number of carboxylic acids is 1. The normalized spacial score (nSPS) is 10.3. The van der Waals surface area contributed by atoms with Gasteiger partial charge in [0.2, 0.25) is 0 Å². The van der Waals surface area contributed by atoms with Crippen LogP contribution in [0.3, 0.4) is 0 Å². The van der Waals surface area contributed by atoms with Gasteiger partial charge in [-0.3, -0.25) is 0 Å². The molecule has 0 heterocycles. The van der Waals surface area contributed by atoms with Crippen LogP contribution in [0.25, 0.3) is 0 Å². The maximum absolute atomic E-state index is 11.3. The van der Waals surface area contributed by atoms with Crippen molar-refractivity contribution in [2.45, 2.75) is 33.1 Å². The number of benzene rings is 1. The molecule has 1 N–H and O–H groups in total. The lowest BCUT2D eigenvalue weighted by molar-refractivity contribution is 0.0697. The van der Waals surface area contributed by atoms with E-state index in [4.69, 9.17) is 4.74 Å². The number of hydrogen-bond acceptors (Lipinski definition) is 3. The van der Waals surface area contributed by atoms with Crippen molar-refractivity contribution in [2.75, 3.05) is 25.6 Å². The molecule has 106 valence electrons. The van der Waals surface area contributed by atoms with Crippen LogP contribution in [0.4, 0.5) is 5.69 Å². The zero-order chi connectivity index (χ0) is 14.4. The number of aromatic carboxylic acids is 1. The topological polar surface area (TPSA) is 49.8 Å². The summed E-state index contributed by atoms with van der Waals surface area (Å²) in [7, 11) is 3.72. The number of rotatable bonds is 7.